The lowest BCUT2D eigenvalue weighted by Crippen LogP contribution is -2.30. The smallest absolute Gasteiger partial charge is 0.0548 e. The third-order valence-electron chi connectivity index (χ3n) is 3.18. The normalized spacial score (nSPS) is 17.6. The Labute approximate surface area is 111 Å². The molecule has 0 spiro atoms. The van der Waals surface area contributed by atoms with Crippen LogP contribution in [-0.4, -0.2) is 6.04 Å². The van der Waals surface area contributed by atoms with Crippen molar-refractivity contribution in [3.8, 4) is 0 Å². The fourth-order valence-corrected chi connectivity index (χ4v) is 2.76. The molecule has 1 aromatic rings. The van der Waals surface area contributed by atoms with E-state index in [0.717, 1.165) is 16.0 Å². The van der Waals surface area contributed by atoms with Gasteiger partial charge in [0.2, 0.25) is 0 Å². The van der Waals surface area contributed by atoms with Crippen LogP contribution in [0.2, 0.25) is 5.02 Å². The molecule has 0 radical (unpaired) electrons. The van der Waals surface area contributed by atoms with E-state index >= 15 is 0 Å². The molecule has 1 fully saturated rings. The Balaban J connectivity index is 1.86. The summed E-state index contributed by atoms with van der Waals surface area (Å²) < 4.78 is 0.983. The maximum Gasteiger partial charge on any atom is 0.0548 e. The summed E-state index contributed by atoms with van der Waals surface area (Å²) >= 11 is 9.41. The van der Waals surface area contributed by atoms with Crippen LogP contribution in [0.5, 0.6) is 0 Å². The van der Waals surface area contributed by atoms with Gasteiger partial charge >= 0.3 is 0 Å². The van der Waals surface area contributed by atoms with Crippen LogP contribution in [0.25, 0.3) is 0 Å². The molecular formula is C13H17BrClN. The van der Waals surface area contributed by atoms with Gasteiger partial charge < -0.3 is 5.32 Å². The Morgan fingerprint density at radius 1 is 1.25 bits per heavy atom. The van der Waals surface area contributed by atoms with Crippen molar-refractivity contribution in [3.05, 3.63) is 33.3 Å². The highest BCUT2D eigenvalue weighted by Gasteiger charge is 2.12. The van der Waals surface area contributed by atoms with E-state index in [4.69, 9.17) is 11.6 Å². The van der Waals surface area contributed by atoms with Crippen molar-refractivity contribution in [2.75, 3.05) is 0 Å². The van der Waals surface area contributed by atoms with Gasteiger partial charge in [0, 0.05) is 17.1 Å². The number of benzene rings is 1. The Morgan fingerprint density at radius 2 is 2.00 bits per heavy atom. The quantitative estimate of drug-likeness (QED) is 0.865. The van der Waals surface area contributed by atoms with E-state index in [0.29, 0.717) is 6.04 Å². The van der Waals surface area contributed by atoms with E-state index in [2.05, 4.69) is 33.4 Å². The van der Waals surface area contributed by atoms with Gasteiger partial charge in [-0.05, 0) is 46.5 Å². The predicted molar refractivity (Wildman–Crippen MR) is 72.9 cm³/mol. The molecule has 0 unspecified atom stereocenters. The lowest BCUT2D eigenvalue weighted by Gasteiger charge is -2.22. The minimum atomic E-state index is 0.711. The summed E-state index contributed by atoms with van der Waals surface area (Å²) in [7, 11) is 0. The second kappa shape index (κ2) is 6.04. The minimum Gasteiger partial charge on any atom is -0.310 e. The number of nitrogens with one attached hydrogen (secondary N) is 1. The Hall–Kier alpha value is -0.0500. The number of rotatable bonds is 3. The summed E-state index contributed by atoms with van der Waals surface area (Å²) in [5.41, 5.74) is 1.29. The molecule has 2 rings (SSSR count). The third-order valence-corrected chi connectivity index (χ3v) is 4.40. The van der Waals surface area contributed by atoms with Gasteiger partial charge in [-0.2, -0.15) is 0 Å². The molecule has 0 atom stereocenters. The largest absolute Gasteiger partial charge is 0.310 e. The average Bonchev–Trinajstić information content (AvgIpc) is 2.32. The van der Waals surface area contributed by atoms with Crippen LogP contribution in [0.4, 0.5) is 0 Å². The monoisotopic (exact) mass is 301 g/mol. The van der Waals surface area contributed by atoms with Gasteiger partial charge in [0.1, 0.15) is 0 Å². The molecule has 0 bridgehead atoms. The van der Waals surface area contributed by atoms with Crippen LogP contribution < -0.4 is 5.32 Å². The van der Waals surface area contributed by atoms with Crippen molar-refractivity contribution in [1.29, 1.82) is 0 Å². The van der Waals surface area contributed by atoms with Crippen molar-refractivity contribution in [2.24, 2.45) is 0 Å². The fourth-order valence-electron chi connectivity index (χ4n) is 2.22. The number of hydrogen-bond acceptors (Lipinski definition) is 1. The molecule has 0 amide bonds. The minimum absolute atomic E-state index is 0.711. The zero-order valence-electron chi connectivity index (χ0n) is 9.31. The van der Waals surface area contributed by atoms with Gasteiger partial charge in [-0.15, -0.1) is 0 Å². The topological polar surface area (TPSA) is 12.0 Å². The maximum absolute atomic E-state index is 5.96. The molecule has 1 aliphatic carbocycles. The summed E-state index contributed by atoms with van der Waals surface area (Å²) in [6.07, 6.45) is 6.82. The second-order valence-electron chi connectivity index (χ2n) is 4.46. The van der Waals surface area contributed by atoms with Crippen molar-refractivity contribution < 1.29 is 0 Å². The van der Waals surface area contributed by atoms with Gasteiger partial charge in [-0.25, -0.2) is 0 Å². The van der Waals surface area contributed by atoms with Crippen molar-refractivity contribution in [1.82, 2.24) is 5.32 Å². The van der Waals surface area contributed by atoms with E-state index in [1.807, 2.05) is 6.07 Å². The predicted octanol–water partition coefficient (Wildman–Crippen LogP) is 4.52. The molecule has 0 aliphatic heterocycles. The molecule has 1 aliphatic rings. The molecule has 3 heteroatoms. The highest BCUT2D eigenvalue weighted by Crippen LogP contribution is 2.23. The summed E-state index contributed by atoms with van der Waals surface area (Å²) in [5, 5.41) is 4.40. The molecule has 1 saturated carbocycles. The van der Waals surface area contributed by atoms with E-state index in [1.54, 1.807) is 0 Å². The lowest BCUT2D eigenvalue weighted by atomic mass is 9.95. The van der Waals surface area contributed by atoms with Crippen LogP contribution in [0.1, 0.15) is 37.7 Å². The summed E-state index contributed by atoms with van der Waals surface area (Å²) in [6, 6.07) is 6.84. The first-order valence-electron chi connectivity index (χ1n) is 5.93. The van der Waals surface area contributed by atoms with Crippen molar-refractivity contribution in [3.63, 3.8) is 0 Å². The molecule has 88 valence electrons. The van der Waals surface area contributed by atoms with Crippen molar-refractivity contribution >= 4 is 27.5 Å². The Kier molecular flexibility index (Phi) is 4.68. The number of halogens is 2. The highest BCUT2D eigenvalue weighted by atomic mass is 79.9. The summed E-state index contributed by atoms with van der Waals surface area (Å²) in [5.74, 6) is 0. The van der Waals surface area contributed by atoms with Crippen LogP contribution in [0, 0.1) is 0 Å². The highest BCUT2D eigenvalue weighted by molar-refractivity contribution is 9.10. The van der Waals surface area contributed by atoms with Crippen LogP contribution in [0.3, 0.4) is 0 Å². The van der Waals surface area contributed by atoms with Gasteiger partial charge in [0.05, 0.1) is 5.02 Å². The van der Waals surface area contributed by atoms with E-state index in [1.165, 1.54) is 37.7 Å². The van der Waals surface area contributed by atoms with Gasteiger partial charge in [0.15, 0.2) is 0 Å². The molecular weight excluding hydrogens is 286 g/mol. The molecule has 1 N–H and O–H groups in total. The van der Waals surface area contributed by atoms with Crippen LogP contribution in [0.15, 0.2) is 22.7 Å². The van der Waals surface area contributed by atoms with Gasteiger partial charge in [-0.3, -0.25) is 0 Å². The van der Waals surface area contributed by atoms with Gasteiger partial charge in [-0.1, -0.05) is 36.9 Å². The van der Waals surface area contributed by atoms with E-state index in [9.17, 15) is 0 Å². The zero-order valence-corrected chi connectivity index (χ0v) is 11.6. The maximum atomic E-state index is 5.96. The first kappa shape index (κ1) is 12.4. The Bertz CT molecular complexity index is 348. The van der Waals surface area contributed by atoms with Gasteiger partial charge in [0.25, 0.3) is 0 Å². The van der Waals surface area contributed by atoms with E-state index in [-0.39, 0.29) is 0 Å². The first-order valence-corrected chi connectivity index (χ1v) is 7.10. The molecule has 0 heterocycles. The summed E-state index contributed by atoms with van der Waals surface area (Å²) in [6.45, 7) is 0.945. The average molecular weight is 303 g/mol. The van der Waals surface area contributed by atoms with Crippen LogP contribution in [-0.2, 0) is 6.54 Å². The molecule has 1 aromatic carbocycles. The van der Waals surface area contributed by atoms with Crippen LogP contribution >= 0.6 is 27.5 Å². The van der Waals surface area contributed by atoms with Crippen molar-refractivity contribution in [2.45, 2.75) is 44.7 Å². The SMILES string of the molecule is Clc1ccc(CNC2CCCCC2)cc1Br. The zero-order chi connectivity index (χ0) is 11.4. The number of hydrogen-bond donors (Lipinski definition) is 1. The standard InChI is InChI=1S/C13H17BrClN/c14-12-8-10(6-7-13(12)15)9-16-11-4-2-1-3-5-11/h6-8,11,16H,1-5,9H2. The first-order chi connectivity index (χ1) is 7.75. The second-order valence-corrected chi connectivity index (χ2v) is 5.73. The Morgan fingerprint density at radius 3 is 2.69 bits per heavy atom. The molecule has 1 nitrogen and oxygen atoms in total. The lowest BCUT2D eigenvalue weighted by molar-refractivity contribution is 0.372. The fraction of sp³-hybridized carbons (Fsp3) is 0.538. The molecule has 16 heavy (non-hydrogen) atoms. The summed E-state index contributed by atoms with van der Waals surface area (Å²) in [4.78, 5) is 0. The third kappa shape index (κ3) is 3.47. The van der Waals surface area contributed by atoms with E-state index < -0.39 is 0 Å². The molecule has 0 saturated heterocycles. The molecule has 0 aromatic heterocycles.